The molecule has 1 aliphatic carbocycles. The van der Waals surface area contributed by atoms with Crippen LogP contribution in [0.4, 0.5) is 13.2 Å². The highest BCUT2D eigenvalue weighted by Gasteiger charge is 2.44. The van der Waals surface area contributed by atoms with Gasteiger partial charge in [-0.3, -0.25) is 0 Å². The number of halogens is 3. The van der Waals surface area contributed by atoms with E-state index in [1.807, 2.05) is 0 Å². The van der Waals surface area contributed by atoms with Crippen molar-refractivity contribution >= 4 is 9.84 Å². The molecule has 21 heavy (non-hydrogen) atoms. The molecule has 0 N–H and O–H groups in total. The van der Waals surface area contributed by atoms with Gasteiger partial charge in [0.05, 0.1) is 0 Å². The van der Waals surface area contributed by atoms with Crippen LogP contribution in [0.25, 0.3) is 0 Å². The third-order valence-corrected chi connectivity index (χ3v) is 4.30. The summed E-state index contributed by atoms with van der Waals surface area (Å²) in [7, 11) is -5.30. The van der Waals surface area contributed by atoms with Crippen molar-refractivity contribution in [1.29, 1.82) is 0 Å². The van der Waals surface area contributed by atoms with Gasteiger partial charge in [0.1, 0.15) is 0 Å². The SMILES string of the molecule is O=S(=O)(C#CCCCCC#CC1CCCCC1)C(F)(F)F. The Hall–Kier alpha value is -1.14. The van der Waals surface area contributed by atoms with Crippen molar-refractivity contribution in [3.05, 3.63) is 0 Å². The Morgan fingerprint density at radius 2 is 1.52 bits per heavy atom. The van der Waals surface area contributed by atoms with Crippen LogP contribution in [0, 0.1) is 28.9 Å². The molecule has 1 aliphatic rings. The largest absolute Gasteiger partial charge is 0.509 e. The number of unbranched alkanes of at least 4 members (excludes halogenated alkanes) is 3. The van der Waals surface area contributed by atoms with E-state index in [9.17, 15) is 21.6 Å². The molecule has 0 amide bonds. The molecule has 0 radical (unpaired) electrons. The summed E-state index contributed by atoms with van der Waals surface area (Å²) in [5.74, 6) is 8.88. The van der Waals surface area contributed by atoms with E-state index in [0.717, 1.165) is 19.3 Å². The number of sulfone groups is 1. The zero-order valence-electron chi connectivity index (χ0n) is 11.8. The van der Waals surface area contributed by atoms with Crippen LogP contribution in [0.15, 0.2) is 0 Å². The van der Waals surface area contributed by atoms with E-state index >= 15 is 0 Å². The predicted octanol–water partition coefficient (Wildman–Crippen LogP) is 4.03. The van der Waals surface area contributed by atoms with Crippen molar-refractivity contribution in [1.82, 2.24) is 0 Å². The molecular weight excluding hydrogens is 301 g/mol. The van der Waals surface area contributed by atoms with Gasteiger partial charge in [-0.05, 0) is 25.7 Å². The first kappa shape index (κ1) is 17.9. The number of alkyl halides is 3. The fourth-order valence-corrected chi connectivity index (χ4v) is 2.50. The fraction of sp³-hybridized carbons (Fsp3) is 0.733. The van der Waals surface area contributed by atoms with E-state index < -0.39 is 15.3 Å². The topological polar surface area (TPSA) is 34.1 Å². The van der Waals surface area contributed by atoms with E-state index in [1.54, 1.807) is 0 Å². The third-order valence-electron chi connectivity index (χ3n) is 3.28. The molecule has 0 spiro atoms. The summed E-state index contributed by atoms with van der Waals surface area (Å²) >= 11 is 0. The van der Waals surface area contributed by atoms with Gasteiger partial charge in [-0.2, -0.15) is 13.2 Å². The van der Waals surface area contributed by atoms with Gasteiger partial charge < -0.3 is 0 Å². The molecule has 0 aliphatic heterocycles. The second kappa shape index (κ2) is 8.34. The van der Waals surface area contributed by atoms with Crippen molar-refractivity contribution in [3.63, 3.8) is 0 Å². The summed E-state index contributed by atoms with van der Waals surface area (Å²) in [6, 6.07) is 0. The first-order valence-electron chi connectivity index (χ1n) is 7.12. The molecule has 0 aromatic heterocycles. The first-order chi connectivity index (χ1) is 9.83. The van der Waals surface area contributed by atoms with Gasteiger partial charge in [0.25, 0.3) is 0 Å². The van der Waals surface area contributed by atoms with Gasteiger partial charge in [0.2, 0.25) is 0 Å². The van der Waals surface area contributed by atoms with Crippen molar-refractivity contribution in [2.75, 3.05) is 0 Å². The highest BCUT2D eigenvalue weighted by atomic mass is 32.2. The molecule has 0 bridgehead atoms. The Balaban J connectivity index is 2.20. The molecule has 1 rings (SSSR count). The summed E-state index contributed by atoms with van der Waals surface area (Å²) in [6.45, 7) is 0. The third kappa shape index (κ3) is 6.91. The van der Waals surface area contributed by atoms with Crippen molar-refractivity contribution < 1.29 is 21.6 Å². The summed E-state index contributed by atoms with van der Waals surface area (Å²) < 4.78 is 57.2. The summed E-state index contributed by atoms with van der Waals surface area (Å²) in [4.78, 5) is 0. The smallest absolute Gasteiger partial charge is 0.206 e. The van der Waals surface area contributed by atoms with Gasteiger partial charge in [-0.25, -0.2) is 8.42 Å². The Bertz CT molecular complexity index is 535. The van der Waals surface area contributed by atoms with E-state index in [0.29, 0.717) is 18.8 Å². The van der Waals surface area contributed by atoms with Crippen LogP contribution in [0.2, 0.25) is 0 Å². The Labute approximate surface area is 124 Å². The molecule has 0 unspecified atom stereocenters. The number of rotatable bonds is 3. The molecule has 6 heteroatoms. The van der Waals surface area contributed by atoms with Gasteiger partial charge in [-0.15, -0.1) is 5.92 Å². The lowest BCUT2D eigenvalue weighted by Gasteiger charge is -2.15. The highest BCUT2D eigenvalue weighted by Crippen LogP contribution is 2.23. The average molecular weight is 320 g/mol. The molecule has 0 saturated heterocycles. The lowest BCUT2D eigenvalue weighted by atomic mass is 9.90. The van der Waals surface area contributed by atoms with Gasteiger partial charge in [0.15, 0.2) is 0 Å². The minimum absolute atomic E-state index is 0.139. The highest BCUT2D eigenvalue weighted by molar-refractivity contribution is 7.96. The van der Waals surface area contributed by atoms with E-state index in [1.165, 1.54) is 24.5 Å². The normalized spacial score (nSPS) is 16.5. The van der Waals surface area contributed by atoms with Crippen LogP contribution < -0.4 is 0 Å². The lowest BCUT2D eigenvalue weighted by molar-refractivity contribution is -0.0420. The first-order valence-corrected chi connectivity index (χ1v) is 8.60. The zero-order valence-corrected chi connectivity index (χ0v) is 12.6. The Kier molecular flexibility index (Phi) is 7.11. The quantitative estimate of drug-likeness (QED) is 0.447. The molecular formula is C15H19F3O2S. The fourth-order valence-electron chi connectivity index (χ4n) is 2.09. The maximum absolute atomic E-state index is 12.0. The average Bonchev–Trinajstić information content (AvgIpc) is 2.41. The summed E-state index contributed by atoms with van der Waals surface area (Å²) in [5.41, 5.74) is -5.29. The summed E-state index contributed by atoms with van der Waals surface area (Å²) in [5, 5.41) is 1.30. The van der Waals surface area contributed by atoms with Gasteiger partial charge >= 0.3 is 15.3 Å². The standard InChI is InChI=1S/C15H19F3O2S/c16-15(17,18)21(19,20)13-9-4-2-1-3-6-10-14-11-7-5-8-12-14/h14H,1-5,7-8,11-12H2. The van der Waals surface area contributed by atoms with E-state index in [2.05, 4.69) is 17.8 Å². The van der Waals surface area contributed by atoms with Crippen LogP contribution >= 0.6 is 0 Å². The minimum atomic E-state index is -5.30. The van der Waals surface area contributed by atoms with Crippen molar-refractivity contribution in [2.24, 2.45) is 5.92 Å². The lowest BCUT2D eigenvalue weighted by Crippen LogP contribution is -2.20. The molecule has 1 fully saturated rings. The Morgan fingerprint density at radius 3 is 2.10 bits per heavy atom. The second-order valence-electron chi connectivity index (χ2n) is 5.09. The molecule has 1 saturated carbocycles. The zero-order chi connectivity index (χ0) is 15.8. The minimum Gasteiger partial charge on any atom is -0.206 e. The molecule has 0 heterocycles. The van der Waals surface area contributed by atoms with Crippen LogP contribution in [0.1, 0.15) is 57.8 Å². The van der Waals surface area contributed by atoms with Crippen LogP contribution in [0.3, 0.4) is 0 Å². The maximum Gasteiger partial charge on any atom is 0.509 e. The Morgan fingerprint density at radius 1 is 0.952 bits per heavy atom. The van der Waals surface area contributed by atoms with Gasteiger partial charge in [0, 0.05) is 24.0 Å². The molecule has 2 nitrogen and oxygen atoms in total. The van der Waals surface area contributed by atoms with Crippen LogP contribution in [0.5, 0.6) is 0 Å². The van der Waals surface area contributed by atoms with E-state index in [4.69, 9.17) is 0 Å². The van der Waals surface area contributed by atoms with Crippen LogP contribution in [-0.4, -0.2) is 13.9 Å². The van der Waals surface area contributed by atoms with E-state index in [-0.39, 0.29) is 6.42 Å². The van der Waals surface area contributed by atoms with Crippen molar-refractivity contribution in [2.45, 2.75) is 63.3 Å². The second-order valence-corrected chi connectivity index (χ2v) is 6.77. The maximum atomic E-state index is 12.0. The monoisotopic (exact) mass is 320 g/mol. The molecule has 118 valence electrons. The molecule has 0 atom stereocenters. The molecule has 0 aromatic carbocycles. The predicted molar refractivity (Wildman–Crippen MR) is 75.6 cm³/mol. The van der Waals surface area contributed by atoms with Crippen molar-refractivity contribution in [3.8, 4) is 23.0 Å². The molecule has 0 aromatic rings. The summed E-state index contributed by atoms with van der Waals surface area (Å²) in [6.07, 6.45) is 8.19. The van der Waals surface area contributed by atoms with Gasteiger partial charge in [-0.1, -0.05) is 31.1 Å². The number of hydrogen-bond acceptors (Lipinski definition) is 2. The van der Waals surface area contributed by atoms with Crippen LogP contribution in [-0.2, 0) is 9.84 Å². The number of hydrogen-bond donors (Lipinski definition) is 0.